The van der Waals surface area contributed by atoms with Gasteiger partial charge in [-0.15, -0.1) is 0 Å². The van der Waals surface area contributed by atoms with Crippen LogP contribution in [0.5, 0.6) is 0 Å². The van der Waals surface area contributed by atoms with Crippen LogP contribution in [0.25, 0.3) is 16.5 Å². The van der Waals surface area contributed by atoms with E-state index in [2.05, 4.69) is 26.9 Å². The second kappa shape index (κ2) is 8.52. The van der Waals surface area contributed by atoms with Gasteiger partial charge in [0.2, 0.25) is 10.0 Å². The molecule has 1 aromatic heterocycles. The second-order valence-corrected chi connectivity index (χ2v) is 10.5. The monoisotopic (exact) mass is 415 g/mol. The highest BCUT2D eigenvalue weighted by molar-refractivity contribution is 7.93. The molecule has 1 unspecified atom stereocenters. The number of aromatic amines is 1. The van der Waals surface area contributed by atoms with Gasteiger partial charge in [0.1, 0.15) is 0 Å². The van der Waals surface area contributed by atoms with E-state index in [0.717, 1.165) is 36.7 Å². The summed E-state index contributed by atoms with van der Waals surface area (Å²) in [5.41, 5.74) is 4.31. The van der Waals surface area contributed by atoms with Gasteiger partial charge in [-0.05, 0) is 62.4 Å². The third kappa shape index (κ3) is 4.24. The molecule has 2 N–H and O–H groups in total. The van der Waals surface area contributed by atoms with Gasteiger partial charge in [0.25, 0.3) is 0 Å². The van der Waals surface area contributed by atoms with E-state index in [4.69, 9.17) is 0 Å². The fourth-order valence-corrected chi connectivity index (χ4v) is 6.66. The maximum Gasteiger partial charge on any atom is 0.235 e. The number of nitrogens with zero attached hydrogens (tertiary/aromatic N) is 1. The molecule has 5 nitrogen and oxygen atoms in total. The summed E-state index contributed by atoms with van der Waals surface area (Å²) in [5.74, 6) is 0. The van der Waals surface area contributed by atoms with Crippen LogP contribution >= 0.6 is 0 Å². The topological polar surface area (TPSA) is 65.2 Å². The van der Waals surface area contributed by atoms with Crippen LogP contribution in [0.3, 0.4) is 0 Å². The van der Waals surface area contributed by atoms with Crippen LogP contribution in [0.15, 0.2) is 30.5 Å². The Morgan fingerprint density at radius 3 is 2.79 bits per heavy atom. The lowest BCUT2D eigenvalue weighted by Crippen LogP contribution is -2.32. The lowest BCUT2D eigenvalue weighted by Gasteiger charge is -2.29. The average Bonchev–Trinajstić information content (AvgIpc) is 3.33. The van der Waals surface area contributed by atoms with Crippen molar-refractivity contribution in [3.05, 3.63) is 36.0 Å². The molecule has 3 heterocycles. The van der Waals surface area contributed by atoms with E-state index in [0.29, 0.717) is 24.6 Å². The van der Waals surface area contributed by atoms with Crippen LogP contribution in [0.1, 0.15) is 64.4 Å². The molecule has 0 aliphatic carbocycles. The summed E-state index contributed by atoms with van der Waals surface area (Å²) in [6.45, 7) is 6.32. The van der Waals surface area contributed by atoms with Crippen molar-refractivity contribution in [1.82, 2.24) is 9.88 Å². The molecule has 1 atom stereocenters. The summed E-state index contributed by atoms with van der Waals surface area (Å²) >= 11 is 0. The quantitative estimate of drug-likeness (QED) is 0.628. The van der Waals surface area contributed by atoms with Crippen LogP contribution in [0.4, 0.5) is 5.69 Å². The van der Waals surface area contributed by atoms with Crippen LogP contribution in [-0.2, 0) is 10.0 Å². The van der Waals surface area contributed by atoms with Crippen molar-refractivity contribution in [2.24, 2.45) is 0 Å². The number of nitrogens with one attached hydrogen (secondary N) is 2. The zero-order valence-corrected chi connectivity index (χ0v) is 18.4. The Morgan fingerprint density at radius 1 is 1.24 bits per heavy atom. The zero-order valence-electron chi connectivity index (χ0n) is 17.6. The number of sulfonamides is 1. The van der Waals surface area contributed by atoms with Crippen molar-refractivity contribution < 1.29 is 8.42 Å². The van der Waals surface area contributed by atoms with E-state index in [1.54, 1.807) is 0 Å². The predicted molar refractivity (Wildman–Crippen MR) is 122 cm³/mol. The van der Waals surface area contributed by atoms with Crippen molar-refractivity contribution in [1.29, 1.82) is 0 Å². The van der Waals surface area contributed by atoms with E-state index >= 15 is 0 Å². The molecule has 6 heteroatoms. The molecule has 0 spiro atoms. The molecule has 1 aromatic carbocycles. The minimum Gasteiger partial charge on any atom is -0.361 e. The maximum atomic E-state index is 12.9. The number of benzene rings is 1. The molecule has 2 aromatic rings. The van der Waals surface area contributed by atoms with E-state index in [9.17, 15) is 8.42 Å². The minimum atomic E-state index is -3.38. The molecule has 0 bridgehead atoms. The first-order valence-electron chi connectivity index (χ1n) is 11.1. The first kappa shape index (κ1) is 20.5. The average molecular weight is 416 g/mol. The number of rotatable bonds is 8. The Balaban J connectivity index is 1.60. The summed E-state index contributed by atoms with van der Waals surface area (Å²) in [6, 6.07) is 6.50. The van der Waals surface area contributed by atoms with E-state index in [1.165, 1.54) is 30.5 Å². The number of H-pyrrole nitrogens is 1. The van der Waals surface area contributed by atoms with Gasteiger partial charge in [0.15, 0.2) is 0 Å². The van der Waals surface area contributed by atoms with Crippen LogP contribution in [0, 0.1) is 0 Å². The van der Waals surface area contributed by atoms with E-state index in [1.807, 2.05) is 32.0 Å². The molecule has 1 fully saturated rings. The highest BCUT2D eigenvalue weighted by atomic mass is 32.2. The standard InChI is InChI=1S/C23H33N3O2S/c1-3-6-20(7-4-2)29(27,28)25-18-9-10-23-21(15-18)22(16-24-23)17-11-13-26-12-5-8-19(26)14-17/h9-11,15-16,19-20,24-25H,3-8,12-14H2,1-2H3. The van der Waals surface area contributed by atoms with Crippen molar-refractivity contribution in [2.75, 3.05) is 17.8 Å². The Bertz CT molecular complexity index is 987. The van der Waals surface area contributed by atoms with Crippen LogP contribution < -0.4 is 4.72 Å². The van der Waals surface area contributed by atoms with Gasteiger partial charge in [-0.25, -0.2) is 8.42 Å². The van der Waals surface area contributed by atoms with Gasteiger partial charge < -0.3 is 4.98 Å². The smallest absolute Gasteiger partial charge is 0.235 e. The molecule has 2 aliphatic heterocycles. The number of hydrogen-bond donors (Lipinski definition) is 2. The highest BCUT2D eigenvalue weighted by Gasteiger charge is 2.29. The fourth-order valence-electron chi connectivity index (χ4n) is 4.95. The molecule has 2 aliphatic rings. The molecular weight excluding hydrogens is 382 g/mol. The molecule has 4 rings (SSSR count). The molecule has 0 saturated carbocycles. The van der Waals surface area contributed by atoms with Crippen molar-refractivity contribution in [2.45, 2.75) is 70.1 Å². The summed E-state index contributed by atoms with van der Waals surface area (Å²) in [4.78, 5) is 5.94. The summed E-state index contributed by atoms with van der Waals surface area (Å²) in [6.07, 6.45) is 11.2. The third-order valence-corrected chi connectivity index (χ3v) is 8.34. The lowest BCUT2D eigenvalue weighted by atomic mass is 9.94. The molecule has 29 heavy (non-hydrogen) atoms. The third-order valence-electron chi connectivity index (χ3n) is 6.47. The van der Waals surface area contributed by atoms with Crippen molar-refractivity contribution in [3.8, 4) is 0 Å². The number of anilines is 1. The molecule has 0 radical (unpaired) electrons. The number of fused-ring (bicyclic) bond motifs is 2. The summed E-state index contributed by atoms with van der Waals surface area (Å²) < 4.78 is 28.7. The fraction of sp³-hybridized carbons (Fsp3) is 0.565. The number of hydrogen-bond acceptors (Lipinski definition) is 3. The highest BCUT2D eigenvalue weighted by Crippen LogP contribution is 2.36. The van der Waals surface area contributed by atoms with E-state index < -0.39 is 10.0 Å². The van der Waals surface area contributed by atoms with Gasteiger partial charge in [0, 0.05) is 40.9 Å². The van der Waals surface area contributed by atoms with Crippen molar-refractivity contribution >= 4 is 32.2 Å². The lowest BCUT2D eigenvalue weighted by molar-refractivity contribution is 0.275. The summed E-state index contributed by atoms with van der Waals surface area (Å²) in [7, 11) is -3.38. The van der Waals surface area contributed by atoms with Gasteiger partial charge in [-0.3, -0.25) is 9.62 Å². The van der Waals surface area contributed by atoms with E-state index in [-0.39, 0.29) is 5.25 Å². The first-order valence-corrected chi connectivity index (χ1v) is 12.6. The second-order valence-electron chi connectivity index (χ2n) is 8.53. The zero-order chi connectivity index (χ0) is 20.4. The van der Waals surface area contributed by atoms with Gasteiger partial charge in [-0.1, -0.05) is 32.8 Å². The van der Waals surface area contributed by atoms with Crippen molar-refractivity contribution in [3.63, 3.8) is 0 Å². The Hall–Kier alpha value is -1.79. The van der Waals surface area contributed by atoms with Gasteiger partial charge in [0.05, 0.1) is 5.25 Å². The Labute approximate surface area is 174 Å². The molecule has 1 saturated heterocycles. The molecule has 0 amide bonds. The van der Waals surface area contributed by atoms with Crippen LogP contribution in [0.2, 0.25) is 0 Å². The largest absolute Gasteiger partial charge is 0.361 e. The minimum absolute atomic E-state index is 0.326. The van der Waals surface area contributed by atoms with Gasteiger partial charge >= 0.3 is 0 Å². The van der Waals surface area contributed by atoms with Crippen LogP contribution in [-0.4, -0.2) is 42.7 Å². The first-order chi connectivity index (χ1) is 14.0. The normalized spacial score (nSPS) is 20.2. The van der Waals surface area contributed by atoms with Gasteiger partial charge in [-0.2, -0.15) is 0 Å². The summed E-state index contributed by atoms with van der Waals surface area (Å²) in [5, 5.41) is 0.777. The Morgan fingerprint density at radius 2 is 2.03 bits per heavy atom. The SMILES string of the molecule is CCCC(CCC)S(=O)(=O)Nc1ccc2[nH]cc(C3=CCN4CCCC4C3)c2c1. The Kier molecular flexibility index (Phi) is 6.02. The predicted octanol–water partition coefficient (Wildman–Crippen LogP) is 5.13. The maximum absolute atomic E-state index is 12.9. The number of aromatic nitrogens is 1. The molecule has 158 valence electrons. The molecular formula is C23H33N3O2S.